The van der Waals surface area contributed by atoms with E-state index in [1.807, 2.05) is 13.8 Å². The molecule has 0 aromatic heterocycles. The first-order chi connectivity index (χ1) is 8.82. The number of nitro groups is 1. The first kappa shape index (κ1) is 15.1. The van der Waals surface area contributed by atoms with Crippen molar-refractivity contribution >= 4 is 11.5 Å². The van der Waals surface area contributed by atoms with Gasteiger partial charge in [-0.1, -0.05) is 33.8 Å². The lowest BCUT2D eigenvalue weighted by Crippen LogP contribution is -2.17. The van der Waals surface area contributed by atoms with Gasteiger partial charge in [-0.25, -0.2) is 0 Å². The monoisotopic (exact) mass is 265 g/mol. The fourth-order valence-electron chi connectivity index (χ4n) is 1.47. The molecule has 0 unspecified atom stereocenters. The third-order valence-corrected chi connectivity index (χ3v) is 2.86. The maximum Gasteiger partial charge on any atom is 0.311 e. The van der Waals surface area contributed by atoms with Crippen LogP contribution in [-0.2, 0) is 4.79 Å². The largest absolute Gasteiger partial charge is 0.479 e. The zero-order valence-electron chi connectivity index (χ0n) is 11.7. The summed E-state index contributed by atoms with van der Waals surface area (Å²) in [6, 6.07) is 4.84. The maximum atomic E-state index is 11.5. The average molecular weight is 265 g/mol. The number of nitro benzene ring substituents is 1. The van der Waals surface area contributed by atoms with Crippen LogP contribution in [0.25, 0.3) is 0 Å². The Kier molecular flexibility index (Phi) is 5.03. The number of Topliss-reactive ketones (excluding diaryl/α,β-unsaturated/α-hetero) is 1. The number of benzene rings is 1. The molecule has 0 aliphatic heterocycles. The fourth-order valence-corrected chi connectivity index (χ4v) is 1.47. The highest BCUT2D eigenvalue weighted by atomic mass is 16.6. The van der Waals surface area contributed by atoms with Crippen LogP contribution in [0, 0.1) is 16.0 Å². The van der Waals surface area contributed by atoms with Crippen LogP contribution in [0.1, 0.15) is 39.2 Å². The molecular formula is C14H19NO4. The topological polar surface area (TPSA) is 69.4 Å². The van der Waals surface area contributed by atoms with Gasteiger partial charge >= 0.3 is 5.69 Å². The lowest BCUT2D eigenvalue weighted by atomic mass is 10.0. The Morgan fingerprint density at radius 2 is 1.95 bits per heavy atom. The summed E-state index contributed by atoms with van der Waals surface area (Å²) in [6.07, 6.45) is 0. The molecule has 5 heteroatoms. The van der Waals surface area contributed by atoms with Gasteiger partial charge in [-0.15, -0.1) is 0 Å². The molecule has 0 spiro atoms. The van der Waals surface area contributed by atoms with Crippen LogP contribution in [0.5, 0.6) is 5.75 Å². The van der Waals surface area contributed by atoms with Crippen LogP contribution < -0.4 is 4.74 Å². The molecule has 0 heterocycles. The summed E-state index contributed by atoms with van der Waals surface area (Å²) in [5.74, 6) is 0.115. The van der Waals surface area contributed by atoms with Gasteiger partial charge in [0.25, 0.3) is 0 Å². The van der Waals surface area contributed by atoms with E-state index < -0.39 is 4.92 Å². The predicted molar refractivity (Wildman–Crippen MR) is 72.5 cm³/mol. The van der Waals surface area contributed by atoms with Crippen LogP contribution in [0.2, 0.25) is 0 Å². The number of carbonyl (C=O) groups excluding carboxylic acids is 1. The number of nitrogens with zero attached hydrogens (tertiary/aromatic N) is 1. The molecule has 0 aliphatic rings. The van der Waals surface area contributed by atoms with Gasteiger partial charge in [-0.2, -0.15) is 0 Å². The van der Waals surface area contributed by atoms with Crippen LogP contribution >= 0.6 is 0 Å². The standard InChI is InChI=1S/C14H19NO4/c1-9(2)11-5-6-14(12(7-11)15(17)18)19-8-13(16)10(3)4/h5-7,9-10H,8H2,1-4H3. The normalized spacial score (nSPS) is 10.8. The van der Waals surface area contributed by atoms with Gasteiger partial charge in [0.2, 0.25) is 0 Å². The summed E-state index contributed by atoms with van der Waals surface area (Å²) in [5.41, 5.74) is 0.775. The SMILES string of the molecule is CC(C)C(=O)COc1ccc(C(C)C)cc1[N+](=O)[O-]. The minimum Gasteiger partial charge on any atom is -0.479 e. The van der Waals surface area contributed by atoms with Crippen LogP contribution in [0.3, 0.4) is 0 Å². The summed E-state index contributed by atoms with van der Waals surface area (Å²) in [4.78, 5) is 22.0. The van der Waals surface area contributed by atoms with Crippen molar-refractivity contribution in [2.75, 3.05) is 6.61 Å². The van der Waals surface area contributed by atoms with E-state index in [-0.39, 0.29) is 35.7 Å². The van der Waals surface area contributed by atoms with E-state index in [1.165, 1.54) is 6.07 Å². The van der Waals surface area contributed by atoms with E-state index in [0.29, 0.717) is 0 Å². The van der Waals surface area contributed by atoms with Gasteiger partial charge in [0.15, 0.2) is 11.5 Å². The highest BCUT2D eigenvalue weighted by Gasteiger charge is 2.18. The van der Waals surface area contributed by atoms with Gasteiger partial charge in [-0.3, -0.25) is 14.9 Å². The van der Waals surface area contributed by atoms with Crippen molar-refractivity contribution in [3.8, 4) is 5.75 Å². The molecule has 0 aliphatic carbocycles. The number of ketones is 1. The second-order valence-corrected chi connectivity index (χ2v) is 5.05. The predicted octanol–water partition coefficient (Wildman–Crippen LogP) is 3.32. The van der Waals surface area contributed by atoms with Gasteiger partial charge in [0, 0.05) is 12.0 Å². The molecule has 0 amide bonds. The van der Waals surface area contributed by atoms with Crippen molar-refractivity contribution in [3.05, 3.63) is 33.9 Å². The van der Waals surface area contributed by atoms with E-state index in [1.54, 1.807) is 26.0 Å². The minimum atomic E-state index is -0.485. The molecule has 0 N–H and O–H groups in total. The Hall–Kier alpha value is -1.91. The van der Waals surface area contributed by atoms with Crippen molar-refractivity contribution in [2.24, 2.45) is 5.92 Å². The third-order valence-electron chi connectivity index (χ3n) is 2.86. The minimum absolute atomic E-state index is 0.0813. The van der Waals surface area contributed by atoms with Gasteiger partial charge < -0.3 is 4.74 Å². The zero-order valence-corrected chi connectivity index (χ0v) is 11.7. The van der Waals surface area contributed by atoms with Crippen LogP contribution in [0.4, 0.5) is 5.69 Å². The van der Waals surface area contributed by atoms with Crippen molar-refractivity contribution < 1.29 is 14.5 Å². The lowest BCUT2D eigenvalue weighted by Gasteiger charge is -2.10. The van der Waals surface area contributed by atoms with E-state index in [4.69, 9.17) is 4.74 Å². The molecule has 0 fully saturated rings. The molecule has 0 atom stereocenters. The summed E-state index contributed by atoms with van der Waals surface area (Å²) < 4.78 is 5.27. The summed E-state index contributed by atoms with van der Waals surface area (Å²) in [7, 11) is 0. The van der Waals surface area contributed by atoms with Crippen molar-refractivity contribution in [1.29, 1.82) is 0 Å². The number of hydrogen-bond acceptors (Lipinski definition) is 4. The number of carbonyl (C=O) groups is 1. The summed E-state index contributed by atoms with van der Waals surface area (Å²) in [5, 5.41) is 11.0. The van der Waals surface area contributed by atoms with Crippen molar-refractivity contribution in [2.45, 2.75) is 33.6 Å². The molecule has 0 saturated heterocycles. The lowest BCUT2D eigenvalue weighted by molar-refractivity contribution is -0.385. The molecule has 0 bridgehead atoms. The van der Waals surface area contributed by atoms with Crippen molar-refractivity contribution in [3.63, 3.8) is 0 Å². The second-order valence-electron chi connectivity index (χ2n) is 5.05. The summed E-state index contributed by atoms with van der Waals surface area (Å²) >= 11 is 0. The number of rotatable bonds is 6. The van der Waals surface area contributed by atoms with E-state index in [0.717, 1.165) is 5.56 Å². The van der Waals surface area contributed by atoms with E-state index >= 15 is 0 Å². The Labute approximate surface area is 112 Å². The Balaban J connectivity index is 2.94. The molecule has 0 saturated carbocycles. The Bertz CT molecular complexity index is 480. The van der Waals surface area contributed by atoms with Gasteiger partial charge in [0.05, 0.1) is 4.92 Å². The number of hydrogen-bond donors (Lipinski definition) is 0. The maximum absolute atomic E-state index is 11.5. The van der Waals surface area contributed by atoms with Crippen LogP contribution in [0.15, 0.2) is 18.2 Å². The van der Waals surface area contributed by atoms with E-state index in [2.05, 4.69) is 0 Å². The molecule has 1 aromatic carbocycles. The highest BCUT2D eigenvalue weighted by molar-refractivity contribution is 5.81. The second kappa shape index (κ2) is 6.31. The Morgan fingerprint density at radius 3 is 2.42 bits per heavy atom. The van der Waals surface area contributed by atoms with Gasteiger partial charge in [0.1, 0.15) is 6.61 Å². The van der Waals surface area contributed by atoms with Gasteiger partial charge in [-0.05, 0) is 17.5 Å². The smallest absolute Gasteiger partial charge is 0.311 e. The van der Waals surface area contributed by atoms with E-state index in [9.17, 15) is 14.9 Å². The molecule has 1 aromatic rings. The zero-order chi connectivity index (χ0) is 14.6. The Morgan fingerprint density at radius 1 is 1.32 bits per heavy atom. The average Bonchev–Trinajstić information content (AvgIpc) is 2.35. The molecule has 5 nitrogen and oxygen atoms in total. The van der Waals surface area contributed by atoms with Crippen molar-refractivity contribution in [1.82, 2.24) is 0 Å². The molecule has 0 radical (unpaired) electrons. The number of ether oxygens (including phenoxy) is 1. The van der Waals surface area contributed by atoms with Crippen LogP contribution in [-0.4, -0.2) is 17.3 Å². The third kappa shape index (κ3) is 4.05. The highest BCUT2D eigenvalue weighted by Crippen LogP contribution is 2.30. The first-order valence-corrected chi connectivity index (χ1v) is 6.26. The fraction of sp³-hybridized carbons (Fsp3) is 0.500. The first-order valence-electron chi connectivity index (χ1n) is 6.26. The quantitative estimate of drug-likeness (QED) is 0.584. The molecule has 1 rings (SSSR count). The molecule has 19 heavy (non-hydrogen) atoms. The molecular weight excluding hydrogens is 246 g/mol. The molecule has 104 valence electrons. The summed E-state index contributed by atoms with van der Waals surface area (Å²) in [6.45, 7) is 7.31.